The highest BCUT2D eigenvalue weighted by Gasteiger charge is 2.11. The van der Waals surface area contributed by atoms with Crippen molar-refractivity contribution in [2.24, 2.45) is 0 Å². The molecule has 0 atom stereocenters. The Hall–Kier alpha value is -3.46. The number of nitriles is 1. The Morgan fingerprint density at radius 3 is 2.35 bits per heavy atom. The summed E-state index contributed by atoms with van der Waals surface area (Å²) in [4.78, 5) is 22.7. The SMILES string of the molecule is N#C/C(=C\c1ccc(C(=O)[O-])cc1)C(=O)Nc1ccccc1F. The zero-order valence-corrected chi connectivity index (χ0v) is 11.7. The second-order valence-corrected chi connectivity index (χ2v) is 4.51. The molecular weight excluding hydrogens is 299 g/mol. The van der Waals surface area contributed by atoms with E-state index in [0.29, 0.717) is 5.56 Å². The summed E-state index contributed by atoms with van der Waals surface area (Å²) in [5, 5.41) is 22.0. The van der Waals surface area contributed by atoms with Gasteiger partial charge >= 0.3 is 0 Å². The molecule has 0 saturated carbocycles. The summed E-state index contributed by atoms with van der Waals surface area (Å²) >= 11 is 0. The molecule has 0 fully saturated rings. The van der Waals surface area contributed by atoms with Crippen molar-refractivity contribution in [3.05, 3.63) is 71.0 Å². The summed E-state index contributed by atoms with van der Waals surface area (Å²) in [5.41, 5.74) is 0.159. The van der Waals surface area contributed by atoms with E-state index in [0.717, 1.165) is 0 Å². The molecule has 0 aliphatic heterocycles. The van der Waals surface area contributed by atoms with E-state index in [1.807, 2.05) is 0 Å². The van der Waals surface area contributed by atoms with Crippen molar-refractivity contribution in [3.8, 4) is 6.07 Å². The van der Waals surface area contributed by atoms with Crippen LogP contribution in [0.2, 0.25) is 0 Å². The van der Waals surface area contributed by atoms with Crippen LogP contribution in [-0.4, -0.2) is 11.9 Å². The van der Waals surface area contributed by atoms with Crippen molar-refractivity contribution in [3.63, 3.8) is 0 Å². The fourth-order valence-electron chi connectivity index (χ4n) is 1.78. The van der Waals surface area contributed by atoms with Crippen molar-refractivity contribution in [1.82, 2.24) is 0 Å². The Bertz CT molecular complexity index is 820. The molecule has 0 radical (unpaired) electrons. The van der Waals surface area contributed by atoms with Crippen LogP contribution in [0.3, 0.4) is 0 Å². The normalized spacial score (nSPS) is 10.7. The van der Waals surface area contributed by atoms with Crippen LogP contribution in [-0.2, 0) is 4.79 Å². The van der Waals surface area contributed by atoms with E-state index in [1.54, 1.807) is 12.1 Å². The molecule has 2 aromatic carbocycles. The number of para-hydroxylation sites is 1. The van der Waals surface area contributed by atoms with Crippen LogP contribution in [0, 0.1) is 17.1 Å². The second kappa shape index (κ2) is 7.00. The lowest BCUT2D eigenvalue weighted by molar-refractivity contribution is -0.255. The van der Waals surface area contributed by atoms with Gasteiger partial charge in [0.25, 0.3) is 5.91 Å². The Morgan fingerprint density at radius 1 is 1.13 bits per heavy atom. The Balaban J connectivity index is 2.21. The van der Waals surface area contributed by atoms with E-state index >= 15 is 0 Å². The van der Waals surface area contributed by atoms with Gasteiger partial charge in [-0.05, 0) is 29.3 Å². The molecule has 1 N–H and O–H groups in total. The third kappa shape index (κ3) is 4.02. The number of anilines is 1. The number of halogens is 1. The lowest BCUT2D eigenvalue weighted by Crippen LogP contribution is -2.21. The maximum absolute atomic E-state index is 13.5. The summed E-state index contributed by atoms with van der Waals surface area (Å²) in [7, 11) is 0. The highest BCUT2D eigenvalue weighted by Crippen LogP contribution is 2.15. The first kappa shape index (κ1) is 15.9. The van der Waals surface area contributed by atoms with Crippen LogP contribution < -0.4 is 10.4 Å². The predicted molar refractivity (Wildman–Crippen MR) is 79.4 cm³/mol. The van der Waals surface area contributed by atoms with Crippen LogP contribution in [0.15, 0.2) is 54.1 Å². The first-order valence-corrected chi connectivity index (χ1v) is 6.50. The minimum atomic E-state index is -1.32. The van der Waals surface area contributed by atoms with Crippen LogP contribution in [0.25, 0.3) is 6.08 Å². The van der Waals surface area contributed by atoms with Gasteiger partial charge in [-0.15, -0.1) is 0 Å². The van der Waals surface area contributed by atoms with Gasteiger partial charge in [-0.25, -0.2) is 4.39 Å². The Labute approximate surface area is 131 Å². The number of hydrogen-bond donors (Lipinski definition) is 1. The van der Waals surface area contributed by atoms with Gasteiger partial charge in [-0.2, -0.15) is 5.26 Å². The lowest BCUT2D eigenvalue weighted by atomic mass is 10.1. The molecule has 0 aliphatic carbocycles. The van der Waals surface area contributed by atoms with Crippen LogP contribution in [0.5, 0.6) is 0 Å². The van der Waals surface area contributed by atoms with Gasteiger partial charge in [0.1, 0.15) is 17.5 Å². The number of carbonyl (C=O) groups excluding carboxylic acids is 2. The number of carboxylic acids is 1. The number of aromatic carboxylic acids is 1. The third-order valence-corrected chi connectivity index (χ3v) is 2.94. The molecule has 0 heterocycles. The largest absolute Gasteiger partial charge is 0.545 e. The van der Waals surface area contributed by atoms with Crippen LogP contribution >= 0.6 is 0 Å². The number of carboxylic acid groups (broad SMARTS) is 1. The maximum Gasteiger partial charge on any atom is 0.266 e. The Kier molecular flexibility index (Phi) is 4.85. The van der Waals surface area contributed by atoms with Crippen molar-refractivity contribution in [2.75, 3.05) is 5.32 Å². The van der Waals surface area contributed by atoms with E-state index in [1.165, 1.54) is 48.5 Å². The standard InChI is InChI=1S/C17H11FN2O3/c18-14-3-1-2-4-15(14)20-16(21)13(10-19)9-11-5-7-12(8-6-11)17(22)23/h1-9H,(H,20,21)(H,22,23)/p-1/b13-9+. The highest BCUT2D eigenvalue weighted by molar-refractivity contribution is 6.09. The van der Waals surface area contributed by atoms with Gasteiger partial charge in [-0.1, -0.05) is 36.4 Å². The molecule has 0 aromatic heterocycles. The molecule has 23 heavy (non-hydrogen) atoms. The van der Waals surface area contributed by atoms with Gasteiger partial charge in [0.2, 0.25) is 0 Å². The topological polar surface area (TPSA) is 93.0 Å². The smallest absolute Gasteiger partial charge is 0.266 e. The molecule has 6 heteroatoms. The molecule has 2 aromatic rings. The summed E-state index contributed by atoms with van der Waals surface area (Å²) in [6.45, 7) is 0. The zero-order valence-electron chi connectivity index (χ0n) is 11.7. The molecule has 2 rings (SSSR count). The number of hydrogen-bond acceptors (Lipinski definition) is 4. The monoisotopic (exact) mass is 309 g/mol. The van der Waals surface area contributed by atoms with Gasteiger partial charge in [0.05, 0.1) is 11.7 Å². The van der Waals surface area contributed by atoms with Crippen molar-refractivity contribution in [2.45, 2.75) is 0 Å². The fourth-order valence-corrected chi connectivity index (χ4v) is 1.78. The summed E-state index contributed by atoms with van der Waals surface area (Å²) < 4.78 is 13.5. The van der Waals surface area contributed by atoms with Crippen molar-refractivity contribution in [1.29, 1.82) is 5.26 Å². The summed E-state index contributed by atoms with van der Waals surface area (Å²) in [6, 6.07) is 12.8. The fraction of sp³-hybridized carbons (Fsp3) is 0. The first-order valence-electron chi connectivity index (χ1n) is 6.50. The summed E-state index contributed by atoms with van der Waals surface area (Å²) in [5.74, 6) is -2.70. The molecule has 1 amide bonds. The third-order valence-electron chi connectivity index (χ3n) is 2.94. The van der Waals surface area contributed by atoms with Crippen molar-refractivity contribution >= 4 is 23.6 Å². The van der Waals surface area contributed by atoms with E-state index in [-0.39, 0.29) is 16.8 Å². The number of benzene rings is 2. The first-order chi connectivity index (χ1) is 11.0. The van der Waals surface area contributed by atoms with Gasteiger partial charge in [-0.3, -0.25) is 4.79 Å². The van der Waals surface area contributed by atoms with E-state index in [4.69, 9.17) is 5.26 Å². The molecule has 0 bridgehead atoms. The van der Waals surface area contributed by atoms with E-state index < -0.39 is 17.7 Å². The van der Waals surface area contributed by atoms with Crippen LogP contribution in [0.1, 0.15) is 15.9 Å². The number of carbonyl (C=O) groups is 2. The number of nitrogens with one attached hydrogen (secondary N) is 1. The molecule has 5 nitrogen and oxygen atoms in total. The minimum Gasteiger partial charge on any atom is -0.545 e. The molecule has 0 unspecified atom stereocenters. The minimum absolute atomic E-state index is 0.0172. The maximum atomic E-state index is 13.5. The van der Waals surface area contributed by atoms with E-state index in [9.17, 15) is 19.1 Å². The molecule has 0 spiro atoms. The molecular formula is C17H10FN2O3-. The number of nitrogens with zero attached hydrogens (tertiary/aromatic N) is 1. The highest BCUT2D eigenvalue weighted by atomic mass is 19.1. The second-order valence-electron chi connectivity index (χ2n) is 4.51. The quantitative estimate of drug-likeness (QED) is 0.687. The lowest BCUT2D eigenvalue weighted by Gasteiger charge is -2.05. The number of rotatable bonds is 4. The van der Waals surface area contributed by atoms with Crippen molar-refractivity contribution < 1.29 is 19.1 Å². The van der Waals surface area contributed by atoms with Gasteiger partial charge in [0, 0.05) is 0 Å². The Morgan fingerprint density at radius 2 is 1.78 bits per heavy atom. The average Bonchev–Trinajstić information content (AvgIpc) is 2.55. The molecule has 114 valence electrons. The summed E-state index contributed by atoms with van der Waals surface area (Å²) in [6.07, 6.45) is 1.27. The average molecular weight is 309 g/mol. The van der Waals surface area contributed by atoms with Gasteiger partial charge < -0.3 is 15.2 Å². The predicted octanol–water partition coefficient (Wildman–Crippen LogP) is 1.73. The van der Waals surface area contributed by atoms with Crippen LogP contribution in [0.4, 0.5) is 10.1 Å². The van der Waals surface area contributed by atoms with E-state index in [2.05, 4.69) is 5.32 Å². The number of amides is 1. The van der Waals surface area contributed by atoms with Gasteiger partial charge in [0.15, 0.2) is 0 Å². The zero-order chi connectivity index (χ0) is 16.8. The molecule has 0 saturated heterocycles. The molecule has 0 aliphatic rings.